The summed E-state index contributed by atoms with van der Waals surface area (Å²) in [5.74, 6) is -1.19. The van der Waals surface area contributed by atoms with Crippen LogP contribution in [0.3, 0.4) is 0 Å². The number of hydrogen-bond acceptors (Lipinski definition) is 4. The van der Waals surface area contributed by atoms with Gasteiger partial charge in [0.1, 0.15) is 11.3 Å². The number of aliphatic hydroxyl groups is 1. The molecule has 1 aromatic carbocycles. The summed E-state index contributed by atoms with van der Waals surface area (Å²) in [6.07, 6.45) is -11.8. The predicted octanol–water partition coefficient (Wildman–Crippen LogP) is 4.56. The van der Waals surface area contributed by atoms with E-state index in [2.05, 4.69) is 0 Å². The number of rotatable bonds is 7. The van der Waals surface area contributed by atoms with Gasteiger partial charge in [-0.25, -0.2) is 4.79 Å². The first-order valence-corrected chi connectivity index (χ1v) is 10.1. The van der Waals surface area contributed by atoms with Crippen LogP contribution in [0.5, 0.6) is 5.75 Å². The maximum atomic E-state index is 13.3. The number of amides is 3. The molecule has 0 bridgehead atoms. The largest absolute Gasteiger partial charge is 0.494 e. The van der Waals surface area contributed by atoms with Crippen molar-refractivity contribution in [2.24, 2.45) is 0 Å². The molecule has 1 fully saturated rings. The fourth-order valence-corrected chi connectivity index (χ4v) is 3.49. The molecule has 33 heavy (non-hydrogen) atoms. The Kier molecular flexibility index (Phi) is 7.05. The summed E-state index contributed by atoms with van der Waals surface area (Å²) in [5, 5.41) is 9.76. The molecule has 2 rings (SSSR count). The summed E-state index contributed by atoms with van der Waals surface area (Å²) >= 11 is 0. The molecule has 0 atom stereocenters. The normalized spacial score (nSPS) is 17.4. The molecule has 12 heteroatoms. The van der Waals surface area contributed by atoms with Crippen LogP contribution in [0.4, 0.5) is 31.1 Å². The maximum absolute atomic E-state index is 13.3. The molecule has 0 unspecified atom stereocenters. The average Bonchev–Trinajstić information content (AvgIpc) is 2.83. The van der Waals surface area contributed by atoms with E-state index in [0.29, 0.717) is 6.07 Å². The lowest BCUT2D eigenvalue weighted by Gasteiger charge is -2.34. The Bertz CT molecular complexity index is 897. The number of carbonyl (C=O) groups excluding carboxylic acids is 2. The number of carbonyl (C=O) groups is 2. The van der Waals surface area contributed by atoms with E-state index < -0.39 is 41.0 Å². The zero-order valence-electron chi connectivity index (χ0n) is 18.8. The van der Waals surface area contributed by atoms with Crippen LogP contribution in [0.15, 0.2) is 18.2 Å². The molecule has 1 saturated heterocycles. The van der Waals surface area contributed by atoms with E-state index in [1.54, 1.807) is 13.8 Å². The van der Waals surface area contributed by atoms with Crippen molar-refractivity contribution in [2.45, 2.75) is 63.5 Å². The minimum Gasteiger partial charge on any atom is -0.494 e. The Hall–Kier alpha value is -2.50. The Labute approximate surface area is 187 Å². The number of hydrogen-bond donors (Lipinski definition) is 1. The second-order valence-corrected chi connectivity index (χ2v) is 8.67. The van der Waals surface area contributed by atoms with Gasteiger partial charge in [-0.1, -0.05) is 19.9 Å². The van der Waals surface area contributed by atoms with E-state index >= 15 is 0 Å². The van der Waals surface area contributed by atoms with Gasteiger partial charge in [0.2, 0.25) is 0 Å². The summed E-state index contributed by atoms with van der Waals surface area (Å²) in [6.45, 7) is 5.95. The first kappa shape index (κ1) is 26.7. The third-order valence-corrected chi connectivity index (χ3v) is 5.77. The zero-order chi connectivity index (χ0) is 25.6. The van der Waals surface area contributed by atoms with Crippen molar-refractivity contribution in [3.8, 4) is 5.75 Å². The third kappa shape index (κ3) is 4.62. The molecular formula is C21H26F6N2O4. The van der Waals surface area contributed by atoms with Crippen molar-refractivity contribution in [1.29, 1.82) is 0 Å². The summed E-state index contributed by atoms with van der Waals surface area (Å²) < 4.78 is 85.3. The van der Waals surface area contributed by atoms with Gasteiger partial charge in [0.05, 0.1) is 6.61 Å². The van der Waals surface area contributed by atoms with Gasteiger partial charge in [0.15, 0.2) is 0 Å². The number of halogens is 6. The number of imide groups is 1. The van der Waals surface area contributed by atoms with Crippen LogP contribution in [0.2, 0.25) is 0 Å². The van der Waals surface area contributed by atoms with E-state index in [9.17, 15) is 41.0 Å². The smallest absolute Gasteiger partial charge is 0.430 e. The molecule has 0 radical (unpaired) electrons. The fraction of sp³-hybridized carbons (Fsp3) is 0.619. The Morgan fingerprint density at radius 2 is 1.61 bits per heavy atom. The monoisotopic (exact) mass is 484 g/mol. The van der Waals surface area contributed by atoms with Gasteiger partial charge in [-0.2, -0.15) is 26.3 Å². The maximum Gasteiger partial charge on any atom is 0.430 e. The molecule has 0 saturated carbocycles. The van der Waals surface area contributed by atoms with E-state index in [1.165, 1.54) is 25.8 Å². The highest BCUT2D eigenvalue weighted by atomic mass is 19.4. The summed E-state index contributed by atoms with van der Waals surface area (Å²) in [5.41, 5.74) is -7.72. The number of nitrogens with zero attached hydrogens (tertiary/aromatic N) is 2. The molecule has 1 aliphatic heterocycles. The van der Waals surface area contributed by atoms with Crippen molar-refractivity contribution in [3.05, 3.63) is 29.3 Å². The van der Waals surface area contributed by atoms with Crippen molar-refractivity contribution in [1.82, 2.24) is 9.80 Å². The molecule has 6 nitrogen and oxygen atoms in total. The molecule has 1 heterocycles. The number of alkyl halides is 6. The lowest BCUT2D eigenvalue weighted by Crippen LogP contribution is -2.54. The molecule has 1 aromatic rings. The van der Waals surface area contributed by atoms with Gasteiger partial charge in [0.25, 0.3) is 11.5 Å². The lowest BCUT2D eigenvalue weighted by atomic mass is 9.84. The number of urea groups is 1. The molecule has 0 aromatic heterocycles. The summed E-state index contributed by atoms with van der Waals surface area (Å²) in [6, 6.07) is 2.00. The van der Waals surface area contributed by atoms with E-state index in [-0.39, 0.29) is 36.8 Å². The van der Waals surface area contributed by atoms with Crippen LogP contribution in [-0.2, 0) is 10.4 Å². The molecule has 0 spiro atoms. The second kappa shape index (κ2) is 8.69. The molecule has 0 aliphatic carbocycles. The van der Waals surface area contributed by atoms with Gasteiger partial charge in [-0.3, -0.25) is 9.69 Å². The van der Waals surface area contributed by atoms with Gasteiger partial charge in [0, 0.05) is 19.2 Å². The van der Waals surface area contributed by atoms with Crippen LogP contribution < -0.4 is 4.74 Å². The predicted molar refractivity (Wildman–Crippen MR) is 106 cm³/mol. The highest BCUT2D eigenvalue weighted by molar-refractivity contribution is 6.06. The second-order valence-electron chi connectivity index (χ2n) is 8.67. The highest BCUT2D eigenvalue weighted by Gasteiger charge is 2.72. The number of benzene rings is 1. The minimum atomic E-state index is -5.99. The Balaban J connectivity index is 2.19. The summed E-state index contributed by atoms with van der Waals surface area (Å²) in [4.78, 5) is 26.9. The first-order chi connectivity index (χ1) is 14.9. The third-order valence-electron chi connectivity index (χ3n) is 5.77. The molecule has 1 aliphatic rings. The van der Waals surface area contributed by atoms with Crippen LogP contribution in [0.25, 0.3) is 0 Å². The van der Waals surface area contributed by atoms with Crippen LogP contribution >= 0.6 is 0 Å². The fourth-order valence-electron chi connectivity index (χ4n) is 3.49. The molecule has 3 amide bonds. The number of likely N-dealkylation sites (N-methyl/N-ethyl adjacent to an activating group) is 1. The lowest BCUT2D eigenvalue weighted by molar-refractivity contribution is -0.376. The average molecular weight is 484 g/mol. The standard InChI is InChI=1S/C21H26F6N2O4/c1-12(2)14-11-13(7-8-15(14)19(32,20(22,23)24)21(25,26)27)33-10-6-9-29-16(30)18(3,4)28(5)17(29)31/h7-8,11-12,32H,6,9-10H2,1-5H3. The number of ether oxygens (including phenoxy) is 1. The van der Waals surface area contributed by atoms with Gasteiger partial charge < -0.3 is 14.7 Å². The van der Waals surface area contributed by atoms with E-state index in [1.807, 2.05) is 0 Å². The molecule has 1 N–H and O–H groups in total. The van der Waals surface area contributed by atoms with E-state index in [0.717, 1.165) is 17.0 Å². The summed E-state index contributed by atoms with van der Waals surface area (Å²) in [7, 11) is 1.49. The van der Waals surface area contributed by atoms with E-state index in [4.69, 9.17) is 4.74 Å². The minimum absolute atomic E-state index is 0.00864. The van der Waals surface area contributed by atoms with Gasteiger partial charge >= 0.3 is 18.4 Å². The first-order valence-electron chi connectivity index (χ1n) is 10.1. The zero-order valence-corrected chi connectivity index (χ0v) is 18.8. The van der Waals surface area contributed by atoms with Crippen molar-refractivity contribution in [3.63, 3.8) is 0 Å². The quantitative estimate of drug-likeness (QED) is 0.350. The Morgan fingerprint density at radius 3 is 2.03 bits per heavy atom. The molecular weight excluding hydrogens is 458 g/mol. The van der Waals surface area contributed by atoms with Gasteiger partial charge in [-0.15, -0.1) is 0 Å². The Morgan fingerprint density at radius 1 is 1.06 bits per heavy atom. The van der Waals surface area contributed by atoms with Crippen LogP contribution in [-0.4, -0.2) is 64.9 Å². The molecule has 186 valence electrons. The van der Waals surface area contributed by atoms with Crippen molar-refractivity contribution < 1.29 is 45.8 Å². The van der Waals surface area contributed by atoms with Crippen molar-refractivity contribution >= 4 is 11.9 Å². The van der Waals surface area contributed by atoms with Gasteiger partial charge in [-0.05, 0) is 43.9 Å². The topological polar surface area (TPSA) is 70.1 Å². The highest BCUT2D eigenvalue weighted by Crippen LogP contribution is 2.52. The van der Waals surface area contributed by atoms with Crippen LogP contribution in [0, 0.1) is 0 Å². The van der Waals surface area contributed by atoms with Crippen molar-refractivity contribution in [2.75, 3.05) is 20.2 Å². The SMILES string of the molecule is CC(C)c1cc(OCCCN2C(=O)N(C)C(C)(C)C2=O)ccc1C(O)(C(F)(F)F)C(F)(F)F. The van der Waals surface area contributed by atoms with Crippen LogP contribution in [0.1, 0.15) is 51.2 Å².